The molecule has 2 rings (SSSR count). The monoisotopic (exact) mass is 304 g/mol. The Hall–Kier alpha value is -2.08. The van der Waals surface area contributed by atoms with Gasteiger partial charge < -0.3 is 15.5 Å². The third-order valence-corrected chi connectivity index (χ3v) is 4.17. The van der Waals surface area contributed by atoms with Gasteiger partial charge >= 0.3 is 0 Å². The van der Waals surface area contributed by atoms with Gasteiger partial charge in [-0.15, -0.1) is 0 Å². The molecule has 6 heteroatoms. The lowest BCUT2D eigenvalue weighted by Crippen LogP contribution is -2.54. The van der Waals surface area contributed by atoms with Crippen LogP contribution in [0.2, 0.25) is 0 Å². The Kier molecular flexibility index (Phi) is 5.03. The van der Waals surface area contributed by atoms with Gasteiger partial charge in [0.25, 0.3) is 5.91 Å². The fourth-order valence-electron chi connectivity index (χ4n) is 2.59. The van der Waals surface area contributed by atoms with Crippen molar-refractivity contribution in [3.63, 3.8) is 0 Å². The van der Waals surface area contributed by atoms with Gasteiger partial charge in [-0.05, 0) is 25.1 Å². The Morgan fingerprint density at radius 3 is 2.36 bits per heavy atom. The van der Waals surface area contributed by atoms with Crippen LogP contribution >= 0.6 is 0 Å². The fraction of sp³-hybridized carbons (Fsp3) is 0.500. The maximum atomic E-state index is 12.6. The molecule has 0 saturated carbocycles. The van der Waals surface area contributed by atoms with Gasteiger partial charge in [-0.2, -0.15) is 0 Å². The normalized spacial score (nSPS) is 17.1. The minimum Gasteiger partial charge on any atom is -0.378 e. The van der Waals surface area contributed by atoms with Gasteiger partial charge in [-0.25, -0.2) is 0 Å². The zero-order chi connectivity index (χ0) is 16.3. The number of benzene rings is 1. The molecule has 1 unspecified atom stereocenters. The maximum Gasteiger partial charge on any atom is 0.254 e. The number of hydrogen-bond donors (Lipinski definition) is 1. The van der Waals surface area contributed by atoms with Crippen LogP contribution in [0.15, 0.2) is 24.3 Å². The van der Waals surface area contributed by atoms with Crippen LogP contribution < -0.4 is 10.6 Å². The zero-order valence-corrected chi connectivity index (χ0v) is 13.5. The van der Waals surface area contributed by atoms with Gasteiger partial charge in [0.2, 0.25) is 5.91 Å². The van der Waals surface area contributed by atoms with E-state index in [1.54, 1.807) is 6.92 Å². The smallest absolute Gasteiger partial charge is 0.254 e. The van der Waals surface area contributed by atoms with Crippen molar-refractivity contribution in [3.8, 4) is 0 Å². The molecule has 1 aliphatic heterocycles. The maximum absolute atomic E-state index is 12.6. The fourth-order valence-corrected chi connectivity index (χ4v) is 2.59. The van der Waals surface area contributed by atoms with Crippen LogP contribution in [0.3, 0.4) is 0 Å². The molecule has 0 aromatic heterocycles. The molecular weight excluding hydrogens is 280 g/mol. The molecule has 0 radical (unpaired) electrons. The molecule has 6 nitrogen and oxygen atoms in total. The van der Waals surface area contributed by atoms with E-state index in [1.165, 1.54) is 0 Å². The van der Waals surface area contributed by atoms with Gasteiger partial charge in [0.1, 0.15) is 0 Å². The Bertz CT molecular complexity index is 551. The number of anilines is 1. The van der Waals surface area contributed by atoms with Crippen LogP contribution in [0.1, 0.15) is 17.3 Å². The second-order valence-electron chi connectivity index (χ2n) is 5.85. The van der Waals surface area contributed by atoms with Crippen LogP contribution in [0.4, 0.5) is 5.69 Å². The lowest BCUT2D eigenvalue weighted by Gasteiger charge is -2.37. The lowest BCUT2D eigenvalue weighted by molar-refractivity contribution is -0.123. The summed E-state index contributed by atoms with van der Waals surface area (Å²) >= 11 is 0. The number of carbonyl (C=O) groups is 2. The quantitative estimate of drug-likeness (QED) is 0.873. The van der Waals surface area contributed by atoms with E-state index in [-0.39, 0.29) is 17.9 Å². The third kappa shape index (κ3) is 3.57. The first kappa shape index (κ1) is 16.3. The van der Waals surface area contributed by atoms with Crippen LogP contribution in [-0.4, -0.2) is 67.9 Å². The highest BCUT2D eigenvalue weighted by atomic mass is 16.2. The predicted octanol–water partition coefficient (Wildman–Crippen LogP) is 0.384. The van der Waals surface area contributed by atoms with Crippen LogP contribution in [-0.2, 0) is 4.79 Å². The van der Waals surface area contributed by atoms with Gasteiger partial charge in [-0.3, -0.25) is 14.5 Å². The molecule has 1 aromatic carbocycles. The number of carbonyl (C=O) groups excluding carboxylic acids is 2. The van der Waals surface area contributed by atoms with Crippen molar-refractivity contribution in [1.82, 2.24) is 9.80 Å². The van der Waals surface area contributed by atoms with Crippen molar-refractivity contribution in [1.29, 1.82) is 0 Å². The average molecular weight is 304 g/mol. The van der Waals surface area contributed by atoms with E-state index in [2.05, 4.69) is 0 Å². The highest BCUT2D eigenvalue weighted by molar-refractivity contribution is 5.95. The molecule has 1 aromatic rings. The first-order chi connectivity index (χ1) is 10.4. The summed E-state index contributed by atoms with van der Waals surface area (Å²) in [7, 11) is 3.90. The van der Waals surface area contributed by atoms with Crippen LogP contribution in [0.25, 0.3) is 0 Å². The molecule has 2 N–H and O–H groups in total. The second kappa shape index (κ2) is 6.79. The summed E-state index contributed by atoms with van der Waals surface area (Å²) in [6.07, 6.45) is 0. The molecule has 22 heavy (non-hydrogen) atoms. The van der Waals surface area contributed by atoms with Gasteiger partial charge in [0.05, 0.1) is 6.04 Å². The highest BCUT2D eigenvalue weighted by Crippen LogP contribution is 2.16. The first-order valence-electron chi connectivity index (χ1n) is 7.50. The van der Waals surface area contributed by atoms with Crippen molar-refractivity contribution >= 4 is 17.5 Å². The van der Waals surface area contributed by atoms with Gasteiger partial charge in [-0.1, -0.05) is 6.07 Å². The topological polar surface area (TPSA) is 69.9 Å². The molecule has 1 heterocycles. The summed E-state index contributed by atoms with van der Waals surface area (Å²) in [5, 5.41) is 0. The molecule has 0 spiro atoms. The summed E-state index contributed by atoms with van der Waals surface area (Å²) in [6, 6.07) is 7.33. The van der Waals surface area contributed by atoms with E-state index in [1.807, 2.05) is 53.1 Å². The summed E-state index contributed by atoms with van der Waals surface area (Å²) in [5.74, 6) is -0.284. The molecular formula is C16H24N4O2. The molecule has 0 aliphatic carbocycles. The number of rotatable bonds is 4. The van der Waals surface area contributed by atoms with E-state index in [0.717, 1.165) is 5.69 Å². The minimum atomic E-state index is -0.321. The lowest BCUT2D eigenvalue weighted by atomic mass is 10.1. The Morgan fingerprint density at radius 2 is 1.82 bits per heavy atom. The minimum absolute atomic E-state index is 0.0371. The van der Waals surface area contributed by atoms with Crippen molar-refractivity contribution in [3.05, 3.63) is 29.8 Å². The predicted molar refractivity (Wildman–Crippen MR) is 86.9 cm³/mol. The number of nitrogens with zero attached hydrogens (tertiary/aromatic N) is 3. The van der Waals surface area contributed by atoms with Gasteiger partial charge in [0, 0.05) is 51.5 Å². The number of hydrogen-bond acceptors (Lipinski definition) is 4. The largest absolute Gasteiger partial charge is 0.378 e. The molecule has 0 bridgehead atoms. The highest BCUT2D eigenvalue weighted by Gasteiger charge is 2.26. The zero-order valence-electron chi connectivity index (χ0n) is 13.5. The van der Waals surface area contributed by atoms with E-state index < -0.39 is 0 Å². The molecule has 1 atom stereocenters. The van der Waals surface area contributed by atoms with Crippen molar-refractivity contribution in [2.75, 3.05) is 45.2 Å². The number of nitrogens with two attached hydrogens (primary N) is 1. The van der Waals surface area contributed by atoms with Gasteiger partial charge in [0.15, 0.2) is 0 Å². The number of primary amides is 1. The summed E-state index contributed by atoms with van der Waals surface area (Å²) in [6.45, 7) is 4.37. The molecule has 1 aliphatic rings. The summed E-state index contributed by atoms with van der Waals surface area (Å²) in [5.41, 5.74) is 7.03. The summed E-state index contributed by atoms with van der Waals surface area (Å²) in [4.78, 5) is 29.6. The molecule has 2 amide bonds. The third-order valence-electron chi connectivity index (χ3n) is 4.17. The van der Waals surface area contributed by atoms with Crippen molar-refractivity contribution in [2.24, 2.45) is 5.73 Å². The number of amides is 2. The SMILES string of the molecule is CC(C(N)=O)N1CCN(C(=O)c2cccc(N(C)C)c2)CC1. The Morgan fingerprint density at radius 1 is 1.18 bits per heavy atom. The van der Waals surface area contributed by atoms with E-state index in [9.17, 15) is 9.59 Å². The summed E-state index contributed by atoms with van der Waals surface area (Å²) < 4.78 is 0. The van der Waals surface area contributed by atoms with Crippen LogP contribution in [0, 0.1) is 0 Å². The van der Waals surface area contributed by atoms with Crippen molar-refractivity contribution < 1.29 is 9.59 Å². The Labute approximate surface area is 131 Å². The molecule has 1 saturated heterocycles. The molecule has 1 fully saturated rings. The average Bonchev–Trinajstić information content (AvgIpc) is 2.53. The number of piperazine rings is 1. The van der Waals surface area contributed by atoms with Crippen molar-refractivity contribution in [2.45, 2.75) is 13.0 Å². The van der Waals surface area contributed by atoms with Crippen LogP contribution in [0.5, 0.6) is 0 Å². The molecule has 120 valence electrons. The van der Waals surface area contributed by atoms with E-state index in [0.29, 0.717) is 31.7 Å². The van der Waals surface area contributed by atoms with E-state index in [4.69, 9.17) is 5.73 Å². The first-order valence-corrected chi connectivity index (χ1v) is 7.50. The standard InChI is InChI=1S/C16H24N4O2/c1-12(15(17)21)19-7-9-20(10-8-19)16(22)13-5-4-6-14(11-13)18(2)3/h4-6,11-12H,7-10H2,1-3H3,(H2,17,21). The second-order valence-corrected chi connectivity index (χ2v) is 5.85. The van der Waals surface area contributed by atoms with E-state index >= 15 is 0 Å². The Balaban J connectivity index is 2.01.